The predicted molar refractivity (Wildman–Crippen MR) is 76.2 cm³/mol. The van der Waals surface area contributed by atoms with Crippen molar-refractivity contribution in [2.45, 2.75) is 13.5 Å². The molecule has 2 aromatic rings. The third kappa shape index (κ3) is 2.89. The molecule has 2 aromatic carbocycles. The van der Waals surface area contributed by atoms with Crippen molar-refractivity contribution in [3.05, 3.63) is 58.9 Å². The molecule has 0 saturated carbocycles. The molecule has 2 rings (SSSR count). The highest BCUT2D eigenvalue weighted by molar-refractivity contribution is 5.52. The Morgan fingerprint density at radius 2 is 2.10 bits per heavy atom. The van der Waals surface area contributed by atoms with Crippen molar-refractivity contribution in [2.24, 2.45) is 0 Å². The number of anilines is 1. The number of benzene rings is 2. The summed E-state index contributed by atoms with van der Waals surface area (Å²) in [6.07, 6.45) is 0. The fraction of sp³-hybridized carbons (Fsp3) is 0.188. The second-order valence-corrected chi connectivity index (χ2v) is 4.40. The monoisotopic (exact) mass is 270 g/mol. The minimum atomic E-state index is -0.243. The topological polar surface area (TPSA) is 45.0 Å². The van der Waals surface area contributed by atoms with E-state index in [1.54, 1.807) is 38.3 Å². The lowest BCUT2D eigenvalue weighted by Gasteiger charge is -2.13. The van der Waals surface area contributed by atoms with Crippen LogP contribution in [0.2, 0.25) is 0 Å². The van der Waals surface area contributed by atoms with Crippen LogP contribution in [0.25, 0.3) is 0 Å². The highest BCUT2D eigenvalue weighted by atomic mass is 19.1. The van der Waals surface area contributed by atoms with E-state index in [0.717, 1.165) is 11.3 Å². The van der Waals surface area contributed by atoms with Crippen LogP contribution in [0.3, 0.4) is 0 Å². The Bertz CT molecular complexity index is 662. The predicted octanol–water partition coefficient (Wildman–Crippen LogP) is 3.63. The third-order valence-electron chi connectivity index (χ3n) is 3.15. The molecule has 0 aliphatic rings. The maximum Gasteiger partial charge on any atom is 0.128 e. The Hall–Kier alpha value is -2.54. The molecule has 0 aliphatic carbocycles. The van der Waals surface area contributed by atoms with Crippen LogP contribution < -0.4 is 10.1 Å². The summed E-state index contributed by atoms with van der Waals surface area (Å²) in [5.74, 6) is 0.457. The lowest BCUT2D eigenvalue weighted by molar-refractivity contribution is 0.410. The van der Waals surface area contributed by atoms with Crippen LogP contribution in [0, 0.1) is 24.1 Å². The first kappa shape index (κ1) is 13.9. The van der Waals surface area contributed by atoms with Crippen LogP contribution in [0.1, 0.15) is 16.7 Å². The van der Waals surface area contributed by atoms with Gasteiger partial charge >= 0.3 is 0 Å². The van der Waals surface area contributed by atoms with Crippen LogP contribution >= 0.6 is 0 Å². The van der Waals surface area contributed by atoms with Crippen molar-refractivity contribution in [3.63, 3.8) is 0 Å². The van der Waals surface area contributed by atoms with E-state index < -0.39 is 0 Å². The first-order valence-corrected chi connectivity index (χ1v) is 6.21. The average Bonchev–Trinajstić information content (AvgIpc) is 2.48. The number of ether oxygens (including phenoxy) is 1. The first-order chi connectivity index (χ1) is 9.65. The summed E-state index contributed by atoms with van der Waals surface area (Å²) in [6.45, 7) is 2.18. The molecule has 0 aromatic heterocycles. The van der Waals surface area contributed by atoms with E-state index in [4.69, 9.17) is 10.00 Å². The van der Waals surface area contributed by atoms with E-state index in [1.807, 2.05) is 6.07 Å². The van der Waals surface area contributed by atoms with E-state index in [-0.39, 0.29) is 5.82 Å². The Kier molecular flexibility index (Phi) is 4.21. The van der Waals surface area contributed by atoms with Gasteiger partial charge in [-0.3, -0.25) is 0 Å². The highest BCUT2D eigenvalue weighted by Crippen LogP contribution is 2.23. The molecule has 4 heteroatoms. The van der Waals surface area contributed by atoms with Crippen LogP contribution in [0.4, 0.5) is 10.1 Å². The number of hydrogen-bond acceptors (Lipinski definition) is 3. The standard InChI is InChI=1S/C16H15FN2O/c1-11-14(17)4-3-5-15(11)19-10-13-8-12(9-18)6-7-16(13)20-2/h3-8,19H,10H2,1-2H3. The lowest BCUT2D eigenvalue weighted by Crippen LogP contribution is -2.04. The second kappa shape index (κ2) is 6.07. The van der Waals surface area contributed by atoms with Gasteiger partial charge in [0.05, 0.1) is 18.7 Å². The van der Waals surface area contributed by atoms with Gasteiger partial charge in [-0.15, -0.1) is 0 Å². The fourth-order valence-corrected chi connectivity index (χ4v) is 1.98. The molecule has 0 spiro atoms. The average molecular weight is 270 g/mol. The van der Waals surface area contributed by atoms with Crippen LogP contribution in [0.5, 0.6) is 5.75 Å². The summed E-state index contributed by atoms with van der Waals surface area (Å²) in [5, 5.41) is 12.1. The molecular formula is C16H15FN2O. The van der Waals surface area contributed by atoms with Crippen LogP contribution in [0.15, 0.2) is 36.4 Å². The number of methoxy groups -OCH3 is 1. The van der Waals surface area contributed by atoms with Gasteiger partial charge in [-0.2, -0.15) is 5.26 Å². The number of nitrogens with zero attached hydrogens (tertiary/aromatic N) is 1. The Balaban J connectivity index is 2.22. The summed E-state index contributed by atoms with van der Waals surface area (Å²) in [5.41, 5.74) is 2.73. The molecule has 20 heavy (non-hydrogen) atoms. The molecule has 0 fully saturated rings. The molecule has 0 bridgehead atoms. The smallest absolute Gasteiger partial charge is 0.128 e. The Morgan fingerprint density at radius 3 is 2.80 bits per heavy atom. The van der Waals surface area contributed by atoms with Gasteiger partial charge in [0.25, 0.3) is 0 Å². The molecule has 0 heterocycles. The summed E-state index contributed by atoms with van der Waals surface area (Å²) in [4.78, 5) is 0. The van der Waals surface area contributed by atoms with Crippen molar-refractivity contribution >= 4 is 5.69 Å². The summed E-state index contributed by atoms with van der Waals surface area (Å²) >= 11 is 0. The lowest BCUT2D eigenvalue weighted by atomic mass is 10.1. The van der Waals surface area contributed by atoms with Crippen molar-refractivity contribution in [1.82, 2.24) is 0 Å². The number of halogens is 1. The number of rotatable bonds is 4. The SMILES string of the molecule is COc1ccc(C#N)cc1CNc1cccc(F)c1C. The van der Waals surface area contributed by atoms with Gasteiger partial charge in [-0.1, -0.05) is 6.07 Å². The van der Waals surface area contributed by atoms with E-state index in [1.165, 1.54) is 6.07 Å². The molecular weight excluding hydrogens is 255 g/mol. The largest absolute Gasteiger partial charge is 0.496 e. The van der Waals surface area contributed by atoms with Gasteiger partial charge in [0.1, 0.15) is 11.6 Å². The van der Waals surface area contributed by atoms with E-state index >= 15 is 0 Å². The van der Waals surface area contributed by atoms with Crippen molar-refractivity contribution in [3.8, 4) is 11.8 Å². The quantitative estimate of drug-likeness (QED) is 0.922. The summed E-state index contributed by atoms with van der Waals surface area (Å²) in [7, 11) is 1.58. The zero-order chi connectivity index (χ0) is 14.5. The maximum absolute atomic E-state index is 13.5. The van der Waals surface area contributed by atoms with Crippen molar-refractivity contribution < 1.29 is 9.13 Å². The van der Waals surface area contributed by atoms with Gasteiger partial charge < -0.3 is 10.1 Å². The molecule has 0 atom stereocenters. The van der Waals surface area contributed by atoms with Crippen molar-refractivity contribution in [1.29, 1.82) is 5.26 Å². The van der Waals surface area contributed by atoms with E-state index in [0.29, 0.717) is 23.4 Å². The summed E-state index contributed by atoms with van der Waals surface area (Å²) in [6, 6.07) is 12.2. The minimum Gasteiger partial charge on any atom is -0.496 e. The van der Waals surface area contributed by atoms with Gasteiger partial charge in [0.2, 0.25) is 0 Å². The minimum absolute atomic E-state index is 0.243. The molecule has 0 aliphatic heterocycles. The molecule has 0 unspecified atom stereocenters. The zero-order valence-corrected chi connectivity index (χ0v) is 11.4. The third-order valence-corrected chi connectivity index (χ3v) is 3.15. The maximum atomic E-state index is 13.5. The number of hydrogen-bond donors (Lipinski definition) is 1. The highest BCUT2D eigenvalue weighted by Gasteiger charge is 2.07. The zero-order valence-electron chi connectivity index (χ0n) is 11.4. The molecule has 0 amide bonds. The number of nitrogens with one attached hydrogen (secondary N) is 1. The van der Waals surface area contributed by atoms with Gasteiger partial charge in [0.15, 0.2) is 0 Å². The van der Waals surface area contributed by atoms with E-state index in [9.17, 15) is 4.39 Å². The van der Waals surface area contributed by atoms with Gasteiger partial charge in [0, 0.05) is 23.4 Å². The molecule has 0 radical (unpaired) electrons. The molecule has 1 N–H and O–H groups in total. The Labute approximate surface area is 117 Å². The number of nitriles is 1. The first-order valence-electron chi connectivity index (χ1n) is 6.21. The molecule has 102 valence electrons. The Morgan fingerprint density at radius 1 is 1.30 bits per heavy atom. The summed E-state index contributed by atoms with van der Waals surface area (Å²) < 4.78 is 18.7. The van der Waals surface area contributed by atoms with Crippen LogP contribution in [-0.2, 0) is 6.54 Å². The molecule has 3 nitrogen and oxygen atoms in total. The van der Waals surface area contributed by atoms with E-state index in [2.05, 4.69) is 11.4 Å². The molecule has 0 saturated heterocycles. The van der Waals surface area contributed by atoms with Gasteiger partial charge in [-0.25, -0.2) is 4.39 Å². The fourth-order valence-electron chi connectivity index (χ4n) is 1.98. The normalized spacial score (nSPS) is 9.90. The van der Waals surface area contributed by atoms with Gasteiger partial charge in [-0.05, 0) is 37.3 Å². The second-order valence-electron chi connectivity index (χ2n) is 4.40. The van der Waals surface area contributed by atoms with Crippen molar-refractivity contribution in [2.75, 3.05) is 12.4 Å². The van der Waals surface area contributed by atoms with Crippen LogP contribution in [-0.4, -0.2) is 7.11 Å².